The summed E-state index contributed by atoms with van der Waals surface area (Å²) in [5.41, 5.74) is 1.57. The molecule has 1 aliphatic heterocycles. The highest BCUT2D eigenvalue weighted by Gasteiger charge is 2.25. The highest BCUT2D eigenvalue weighted by molar-refractivity contribution is 5.89. The number of carbonyl (C=O) groups excluding carboxylic acids is 1. The lowest BCUT2D eigenvalue weighted by Crippen LogP contribution is -2.42. The Morgan fingerprint density at radius 2 is 2.00 bits per heavy atom. The zero-order valence-electron chi connectivity index (χ0n) is 14.2. The zero-order valence-corrected chi connectivity index (χ0v) is 14.2. The van der Waals surface area contributed by atoms with Gasteiger partial charge in [-0.15, -0.1) is 0 Å². The largest absolute Gasteiger partial charge is 0.478 e. The predicted octanol–water partition coefficient (Wildman–Crippen LogP) is 3.06. The fourth-order valence-corrected chi connectivity index (χ4v) is 3.13. The van der Waals surface area contributed by atoms with Gasteiger partial charge in [0.1, 0.15) is 11.9 Å². The Morgan fingerprint density at radius 3 is 2.77 bits per heavy atom. The summed E-state index contributed by atoms with van der Waals surface area (Å²) in [5, 5.41) is 9.22. The number of ether oxygens (including phenoxy) is 1. The maximum Gasteiger partial charge on any atom is 0.335 e. The summed E-state index contributed by atoms with van der Waals surface area (Å²) in [6, 6.07) is 12.9. The third-order valence-electron chi connectivity index (χ3n) is 4.50. The second-order valence-corrected chi connectivity index (χ2v) is 6.22. The van der Waals surface area contributed by atoms with E-state index in [0.29, 0.717) is 37.2 Å². The Kier molecular flexibility index (Phi) is 5.63. The highest BCUT2D eigenvalue weighted by atomic mass is 19.1. The molecule has 2 aromatic rings. The maximum atomic E-state index is 13.4. The van der Waals surface area contributed by atoms with E-state index in [0.717, 1.165) is 0 Å². The van der Waals surface area contributed by atoms with Crippen molar-refractivity contribution in [2.24, 2.45) is 0 Å². The molecule has 1 heterocycles. The van der Waals surface area contributed by atoms with E-state index < -0.39 is 5.97 Å². The van der Waals surface area contributed by atoms with Crippen LogP contribution in [0.2, 0.25) is 0 Å². The predicted molar refractivity (Wildman–Crippen MR) is 93.4 cm³/mol. The lowest BCUT2D eigenvalue weighted by molar-refractivity contribution is -0.139. The SMILES string of the molecule is O=C(O)c1ccccc1CCC(=O)N1CCOC(c2cccc(F)c2)C1. The molecule has 136 valence electrons. The number of aromatic carboxylic acids is 1. The van der Waals surface area contributed by atoms with Crippen molar-refractivity contribution in [1.82, 2.24) is 4.90 Å². The molecule has 0 saturated carbocycles. The van der Waals surface area contributed by atoms with Gasteiger partial charge < -0.3 is 14.7 Å². The van der Waals surface area contributed by atoms with Crippen LogP contribution in [0.4, 0.5) is 4.39 Å². The van der Waals surface area contributed by atoms with Crippen LogP contribution >= 0.6 is 0 Å². The minimum Gasteiger partial charge on any atom is -0.478 e. The van der Waals surface area contributed by atoms with Gasteiger partial charge in [0, 0.05) is 13.0 Å². The number of carboxylic acids is 1. The molecule has 1 saturated heterocycles. The van der Waals surface area contributed by atoms with E-state index in [-0.39, 0.29) is 29.8 Å². The normalized spacial score (nSPS) is 17.1. The van der Waals surface area contributed by atoms with Gasteiger partial charge in [-0.25, -0.2) is 9.18 Å². The van der Waals surface area contributed by atoms with E-state index >= 15 is 0 Å². The third kappa shape index (κ3) is 4.26. The second kappa shape index (κ2) is 8.10. The smallest absolute Gasteiger partial charge is 0.335 e. The molecule has 2 aromatic carbocycles. The van der Waals surface area contributed by atoms with Gasteiger partial charge in [-0.05, 0) is 35.7 Å². The van der Waals surface area contributed by atoms with Gasteiger partial charge in [0.15, 0.2) is 0 Å². The van der Waals surface area contributed by atoms with Crippen molar-refractivity contribution in [3.63, 3.8) is 0 Å². The number of rotatable bonds is 5. The summed E-state index contributed by atoms with van der Waals surface area (Å²) >= 11 is 0. The van der Waals surface area contributed by atoms with Gasteiger partial charge in [-0.2, -0.15) is 0 Å². The number of amides is 1. The molecule has 1 unspecified atom stereocenters. The van der Waals surface area contributed by atoms with Crippen LogP contribution in [0.5, 0.6) is 0 Å². The summed E-state index contributed by atoms with van der Waals surface area (Å²) < 4.78 is 19.1. The molecule has 0 aliphatic carbocycles. The number of benzene rings is 2. The van der Waals surface area contributed by atoms with Crippen LogP contribution in [0.1, 0.15) is 34.0 Å². The monoisotopic (exact) mass is 357 g/mol. The van der Waals surface area contributed by atoms with Crippen molar-refractivity contribution in [2.75, 3.05) is 19.7 Å². The number of hydrogen-bond acceptors (Lipinski definition) is 3. The van der Waals surface area contributed by atoms with Gasteiger partial charge in [0.2, 0.25) is 5.91 Å². The molecule has 1 aliphatic rings. The fourth-order valence-electron chi connectivity index (χ4n) is 3.13. The van der Waals surface area contributed by atoms with Crippen molar-refractivity contribution >= 4 is 11.9 Å². The summed E-state index contributed by atoms with van der Waals surface area (Å²) in [7, 11) is 0. The first-order valence-corrected chi connectivity index (χ1v) is 8.50. The molecule has 1 atom stereocenters. The van der Waals surface area contributed by atoms with Crippen LogP contribution < -0.4 is 0 Å². The topological polar surface area (TPSA) is 66.8 Å². The Balaban J connectivity index is 1.62. The maximum absolute atomic E-state index is 13.4. The van der Waals surface area contributed by atoms with Crippen molar-refractivity contribution in [3.05, 3.63) is 71.0 Å². The Hall–Kier alpha value is -2.73. The molecule has 1 fully saturated rings. The van der Waals surface area contributed by atoms with E-state index in [4.69, 9.17) is 4.74 Å². The van der Waals surface area contributed by atoms with E-state index in [9.17, 15) is 19.1 Å². The number of carboxylic acid groups (broad SMARTS) is 1. The zero-order chi connectivity index (χ0) is 18.5. The van der Waals surface area contributed by atoms with E-state index in [1.54, 1.807) is 35.2 Å². The van der Waals surface area contributed by atoms with Crippen LogP contribution in [-0.4, -0.2) is 41.6 Å². The quantitative estimate of drug-likeness (QED) is 0.893. The van der Waals surface area contributed by atoms with Gasteiger partial charge >= 0.3 is 5.97 Å². The number of hydrogen-bond donors (Lipinski definition) is 1. The third-order valence-corrected chi connectivity index (χ3v) is 4.50. The van der Waals surface area contributed by atoms with E-state index in [1.807, 2.05) is 0 Å². The van der Waals surface area contributed by atoms with Gasteiger partial charge in [-0.3, -0.25) is 4.79 Å². The molecular weight excluding hydrogens is 337 g/mol. The number of morpholine rings is 1. The summed E-state index contributed by atoms with van der Waals surface area (Å²) in [6.45, 7) is 1.23. The van der Waals surface area contributed by atoms with Crippen LogP contribution in [0.15, 0.2) is 48.5 Å². The standard InChI is InChI=1S/C20H20FNO4/c21-16-6-3-5-15(12-16)18-13-22(10-11-26-18)19(23)9-8-14-4-1-2-7-17(14)20(24)25/h1-7,12,18H,8-11,13H2,(H,24,25). The van der Waals surface area contributed by atoms with E-state index in [1.165, 1.54) is 18.2 Å². The summed E-state index contributed by atoms with van der Waals surface area (Å²) in [5.74, 6) is -1.39. The molecule has 3 rings (SSSR count). The fraction of sp³-hybridized carbons (Fsp3) is 0.300. The molecule has 0 bridgehead atoms. The minimum absolute atomic E-state index is 0.0603. The summed E-state index contributed by atoms with van der Waals surface area (Å²) in [4.78, 5) is 25.5. The molecule has 26 heavy (non-hydrogen) atoms. The second-order valence-electron chi connectivity index (χ2n) is 6.22. The van der Waals surface area contributed by atoms with Gasteiger partial charge in [-0.1, -0.05) is 30.3 Å². The van der Waals surface area contributed by atoms with Crippen molar-refractivity contribution in [2.45, 2.75) is 18.9 Å². The first-order chi connectivity index (χ1) is 12.5. The number of carbonyl (C=O) groups is 2. The Morgan fingerprint density at radius 1 is 1.19 bits per heavy atom. The van der Waals surface area contributed by atoms with Crippen LogP contribution in [-0.2, 0) is 16.0 Å². The average Bonchev–Trinajstić information content (AvgIpc) is 2.66. The lowest BCUT2D eigenvalue weighted by Gasteiger charge is -2.33. The van der Waals surface area contributed by atoms with Crippen LogP contribution in [0, 0.1) is 5.82 Å². The van der Waals surface area contributed by atoms with E-state index in [2.05, 4.69) is 0 Å². The Labute approximate surface area is 151 Å². The minimum atomic E-state index is -0.995. The molecule has 0 spiro atoms. The first-order valence-electron chi connectivity index (χ1n) is 8.50. The van der Waals surface area contributed by atoms with Crippen molar-refractivity contribution in [3.8, 4) is 0 Å². The van der Waals surface area contributed by atoms with Gasteiger partial charge in [0.05, 0.1) is 18.7 Å². The van der Waals surface area contributed by atoms with Crippen LogP contribution in [0.3, 0.4) is 0 Å². The van der Waals surface area contributed by atoms with Crippen LogP contribution in [0.25, 0.3) is 0 Å². The molecule has 1 amide bonds. The lowest BCUT2D eigenvalue weighted by atomic mass is 10.0. The van der Waals surface area contributed by atoms with Crippen molar-refractivity contribution < 1.29 is 23.8 Å². The molecular formula is C20H20FNO4. The molecule has 0 aromatic heterocycles. The molecule has 0 radical (unpaired) electrons. The Bertz CT molecular complexity index is 808. The highest BCUT2D eigenvalue weighted by Crippen LogP contribution is 2.23. The number of nitrogens with zero attached hydrogens (tertiary/aromatic N) is 1. The first kappa shape index (κ1) is 18.1. The van der Waals surface area contributed by atoms with Gasteiger partial charge in [0.25, 0.3) is 0 Å². The average molecular weight is 357 g/mol. The number of halogens is 1. The molecule has 5 nitrogen and oxygen atoms in total. The molecule has 1 N–H and O–H groups in total. The van der Waals surface area contributed by atoms with Crippen molar-refractivity contribution in [1.29, 1.82) is 0 Å². The number of aryl methyl sites for hydroxylation is 1. The summed E-state index contributed by atoms with van der Waals surface area (Å²) in [6.07, 6.45) is 0.235. The molecule has 6 heteroatoms.